The molecular formula is C28H39N3O7. The van der Waals surface area contributed by atoms with Crippen LogP contribution in [0.2, 0.25) is 0 Å². The SMILES string of the molecule is Cc1cc(-c2cccc(C(=O)NCCN3CCN(C)CC3)c2)ccc1O[C@H]1O[C@H](CO)[C@@H](O)[C@H](O)[C@@]1(C)O. The Hall–Kier alpha value is -2.57. The third kappa shape index (κ3) is 6.35. The molecule has 4 rings (SSSR count). The van der Waals surface area contributed by atoms with E-state index in [0.717, 1.165) is 49.4 Å². The molecule has 0 bridgehead atoms. The summed E-state index contributed by atoms with van der Waals surface area (Å²) < 4.78 is 11.4. The van der Waals surface area contributed by atoms with E-state index in [1.54, 1.807) is 12.1 Å². The molecule has 208 valence electrons. The van der Waals surface area contributed by atoms with Gasteiger partial charge in [-0.3, -0.25) is 9.69 Å². The maximum atomic E-state index is 12.8. The highest BCUT2D eigenvalue weighted by Crippen LogP contribution is 2.34. The number of piperazine rings is 1. The van der Waals surface area contributed by atoms with Crippen LogP contribution in [0, 0.1) is 6.92 Å². The van der Waals surface area contributed by atoms with E-state index in [1.165, 1.54) is 6.92 Å². The number of ether oxygens (including phenoxy) is 2. The lowest BCUT2D eigenvalue weighted by Gasteiger charge is -2.45. The predicted molar refractivity (Wildman–Crippen MR) is 142 cm³/mol. The van der Waals surface area contributed by atoms with E-state index in [0.29, 0.717) is 17.9 Å². The van der Waals surface area contributed by atoms with Crippen molar-refractivity contribution in [2.45, 2.75) is 44.1 Å². The summed E-state index contributed by atoms with van der Waals surface area (Å²) >= 11 is 0. The lowest BCUT2D eigenvalue weighted by molar-refractivity contribution is -0.314. The zero-order valence-corrected chi connectivity index (χ0v) is 22.2. The van der Waals surface area contributed by atoms with Crippen LogP contribution in [0.25, 0.3) is 11.1 Å². The smallest absolute Gasteiger partial charge is 0.251 e. The van der Waals surface area contributed by atoms with Gasteiger partial charge in [-0.15, -0.1) is 0 Å². The Labute approximate surface area is 223 Å². The van der Waals surface area contributed by atoms with Crippen LogP contribution in [-0.4, -0.2) is 119 Å². The minimum absolute atomic E-state index is 0.117. The van der Waals surface area contributed by atoms with E-state index < -0.39 is 36.8 Å². The van der Waals surface area contributed by atoms with Crippen LogP contribution in [0.1, 0.15) is 22.8 Å². The Morgan fingerprint density at radius 1 is 1.13 bits per heavy atom. The van der Waals surface area contributed by atoms with Gasteiger partial charge in [-0.05, 0) is 61.9 Å². The quantitative estimate of drug-likeness (QED) is 0.325. The van der Waals surface area contributed by atoms with Crippen molar-refractivity contribution < 1.29 is 34.7 Å². The molecule has 2 aromatic carbocycles. The summed E-state index contributed by atoms with van der Waals surface area (Å²) in [5, 5.41) is 43.6. The van der Waals surface area contributed by atoms with E-state index in [2.05, 4.69) is 22.2 Å². The predicted octanol–water partition coefficient (Wildman–Crippen LogP) is 0.208. The van der Waals surface area contributed by atoms with Gasteiger partial charge >= 0.3 is 0 Å². The molecule has 0 unspecified atom stereocenters. The maximum absolute atomic E-state index is 12.8. The third-order valence-electron chi connectivity index (χ3n) is 7.44. The van der Waals surface area contributed by atoms with Gasteiger partial charge in [0.15, 0.2) is 5.60 Å². The summed E-state index contributed by atoms with van der Waals surface area (Å²) in [4.78, 5) is 17.4. The molecule has 0 spiro atoms. The summed E-state index contributed by atoms with van der Waals surface area (Å²) in [7, 11) is 2.12. The first-order chi connectivity index (χ1) is 18.1. The van der Waals surface area contributed by atoms with E-state index in [1.807, 2.05) is 37.3 Å². The summed E-state index contributed by atoms with van der Waals surface area (Å²) in [6.07, 6.45) is -5.41. The number of aryl methyl sites for hydroxylation is 1. The van der Waals surface area contributed by atoms with Crippen molar-refractivity contribution in [1.82, 2.24) is 15.1 Å². The molecular weight excluding hydrogens is 490 g/mol. The van der Waals surface area contributed by atoms with Crippen LogP contribution >= 0.6 is 0 Å². The number of carbonyl (C=O) groups is 1. The zero-order valence-electron chi connectivity index (χ0n) is 22.2. The van der Waals surface area contributed by atoms with Crippen LogP contribution in [0.15, 0.2) is 42.5 Å². The number of aliphatic hydroxyl groups excluding tert-OH is 3. The Morgan fingerprint density at radius 3 is 2.53 bits per heavy atom. The lowest BCUT2D eigenvalue weighted by Crippen LogP contribution is -2.66. The topological polar surface area (TPSA) is 135 Å². The molecule has 10 nitrogen and oxygen atoms in total. The van der Waals surface area contributed by atoms with Gasteiger partial charge in [0, 0.05) is 44.8 Å². The van der Waals surface area contributed by atoms with Crippen LogP contribution in [0.3, 0.4) is 0 Å². The summed E-state index contributed by atoms with van der Waals surface area (Å²) in [5.41, 5.74) is 1.16. The first kappa shape index (κ1) is 28.4. The fourth-order valence-electron chi connectivity index (χ4n) is 4.78. The highest BCUT2D eigenvalue weighted by atomic mass is 16.7. The van der Waals surface area contributed by atoms with Gasteiger partial charge in [0.1, 0.15) is 24.1 Å². The Bertz CT molecular complexity index is 1100. The van der Waals surface area contributed by atoms with Crippen molar-refractivity contribution in [2.24, 2.45) is 0 Å². The zero-order chi connectivity index (χ0) is 27.4. The summed E-state index contributed by atoms with van der Waals surface area (Å²) in [6, 6.07) is 12.9. The second kappa shape index (κ2) is 12.1. The molecule has 2 aliphatic heterocycles. The fraction of sp³-hybridized carbons (Fsp3) is 0.536. The molecule has 2 aliphatic rings. The van der Waals surface area contributed by atoms with Crippen molar-refractivity contribution in [2.75, 3.05) is 52.9 Å². The molecule has 2 aromatic rings. The Balaban J connectivity index is 1.40. The lowest BCUT2D eigenvalue weighted by atomic mass is 9.88. The molecule has 5 N–H and O–H groups in total. The number of hydrogen-bond acceptors (Lipinski definition) is 9. The number of benzene rings is 2. The van der Waals surface area contributed by atoms with Crippen molar-refractivity contribution in [3.8, 4) is 16.9 Å². The molecule has 0 aromatic heterocycles. The molecule has 0 radical (unpaired) electrons. The van der Waals surface area contributed by atoms with Crippen molar-refractivity contribution in [3.05, 3.63) is 53.6 Å². The minimum Gasteiger partial charge on any atom is -0.461 e. The fourth-order valence-corrected chi connectivity index (χ4v) is 4.78. The molecule has 0 aliphatic carbocycles. The van der Waals surface area contributed by atoms with Gasteiger partial charge in [0.2, 0.25) is 6.29 Å². The first-order valence-corrected chi connectivity index (χ1v) is 13.0. The minimum atomic E-state index is -1.90. The molecule has 10 heteroatoms. The Morgan fingerprint density at radius 2 is 1.84 bits per heavy atom. The van der Waals surface area contributed by atoms with Gasteiger partial charge in [0.05, 0.1) is 6.61 Å². The summed E-state index contributed by atoms with van der Waals surface area (Å²) in [6.45, 7) is 8.13. The average Bonchev–Trinajstić information content (AvgIpc) is 2.91. The number of likely N-dealkylation sites (N-methyl/N-ethyl adjacent to an activating group) is 1. The molecule has 2 fully saturated rings. The number of nitrogens with zero attached hydrogens (tertiary/aromatic N) is 2. The van der Waals surface area contributed by atoms with E-state index in [-0.39, 0.29) is 5.91 Å². The number of nitrogens with one attached hydrogen (secondary N) is 1. The monoisotopic (exact) mass is 529 g/mol. The number of rotatable bonds is 8. The van der Waals surface area contributed by atoms with Gasteiger partial charge in [0.25, 0.3) is 5.91 Å². The highest BCUT2D eigenvalue weighted by Gasteiger charge is 2.53. The second-order valence-corrected chi connectivity index (χ2v) is 10.4. The number of aliphatic hydroxyl groups is 4. The molecule has 5 atom stereocenters. The van der Waals surface area contributed by atoms with Crippen LogP contribution in [0.5, 0.6) is 5.75 Å². The Kier molecular flexibility index (Phi) is 9.04. The van der Waals surface area contributed by atoms with Gasteiger partial charge < -0.3 is 40.1 Å². The standard InChI is InChI=1S/C28H39N3O7/c1-18-15-20(7-8-22(18)37-27-28(2,36)25(34)24(33)23(17-32)38-27)19-5-4-6-21(16-19)26(35)29-9-10-31-13-11-30(3)12-14-31/h4-8,15-16,23-25,27,32-34,36H,9-14,17H2,1-3H3,(H,29,35)/t23-,24-,25+,27+,28-/m1/s1. The van der Waals surface area contributed by atoms with E-state index in [9.17, 15) is 25.2 Å². The average molecular weight is 530 g/mol. The molecule has 2 heterocycles. The first-order valence-electron chi connectivity index (χ1n) is 13.0. The van der Waals surface area contributed by atoms with Crippen LogP contribution in [0.4, 0.5) is 0 Å². The third-order valence-corrected chi connectivity index (χ3v) is 7.44. The largest absolute Gasteiger partial charge is 0.461 e. The summed E-state index contributed by atoms with van der Waals surface area (Å²) in [5.74, 6) is 0.297. The number of amides is 1. The van der Waals surface area contributed by atoms with E-state index >= 15 is 0 Å². The highest BCUT2D eigenvalue weighted by molar-refractivity contribution is 5.95. The van der Waals surface area contributed by atoms with Crippen molar-refractivity contribution in [3.63, 3.8) is 0 Å². The van der Waals surface area contributed by atoms with Crippen molar-refractivity contribution >= 4 is 5.91 Å². The van der Waals surface area contributed by atoms with Gasteiger partial charge in [-0.2, -0.15) is 0 Å². The molecule has 0 saturated carbocycles. The second-order valence-electron chi connectivity index (χ2n) is 10.4. The normalized spacial score (nSPS) is 28.7. The number of hydrogen-bond donors (Lipinski definition) is 5. The molecule has 1 amide bonds. The van der Waals surface area contributed by atoms with E-state index in [4.69, 9.17) is 9.47 Å². The van der Waals surface area contributed by atoms with Crippen molar-refractivity contribution in [1.29, 1.82) is 0 Å². The molecule has 2 saturated heterocycles. The van der Waals surface area contributed by atoms with Gasteiger partial charge in [-0.1, -0.05) is 18.2 Å². The molecule has 38 heavy (non-hydrogen) atoms. The van der Waals surface area contributed by atoms with Crippen LogP contribution < -0.4 is 10.1 Å². The van der Waals surface area contributed by atoms with Crippen LogP contribution in [-0.2, 0) is 4.74 Å². The maximum Gasteiger partial charge on any atom is 0.251 e. The van der Waals surface area contributed by atoms with Gasteiger partial charge in [-0.25, -0.2) is 0 Å². The number of carbonyl (C=O) groups excluding carboxylic acids is 1.